The van der Waals surface area contributed by atoms with Gasteiger partial charge in [-0.25, -0.2) is 4.98 Å². The second-order valence-electron chi connectivity index (χ2n) is 8.12. The number of aryl methyl sites for hydroxylation is 1. The maximum atomic E-state index is 9.71. The molecule has 0 aliphatic carbocycles. The smallest absolute Gasteiger partial charge is 0.108 e. The molecule has 5 nitrogen and oxygen atoms in total. The summed E-state index contributed by atoms with van der Waals surface area (Å²) in [5, 5.41) is 11.0. The van der Waals surface area contributed by atoms with Gasteiger partial charge in [-0.1, -0.05) is 42.3 Å². The minimum absolute atomic E-state index is 0.118. The van der Waals surface area contributed by atoms with Crippen molar-refractivity contribution in [3.63, 3.8) is 0 Å². The maximum Gasteiger partial charge on any atom is 0.108 e. The van der Waals surface area contributed by atoms with Gasteiger partial charge < -0.3 is 9.47 Å². The van der Waals surface area contributed by atoms with Crippen LogP contribution in [-0.4, -0.2) is 40.6 Å². The Hall–Kier alpha value is -2.52. The summed E-state index contributed by atoms with van der Waals surface area (Å²) in [5.41, 5.74) is 2.72. The number of benzene rings is 2. The van der Waals surface area contributed by atoms with Crippen LogP contribution in [0.1, 0.15) is 36.3 Å². The maximum absolute atomic E-state index is 9.71. The quantitative estimate of drug-likeness (QED) is 0.455. The number of hydrogen-bond donors (Lipinski definition) is 0. The molecule has 1 atom stereocenters. The minimum Gasteiger partial charge on any atom is -0.361 e. The van der Waals surface area contributed by atoms with Crippen LogP contribution in [0, 0.1) is 11.3 Å². The Morgan fingerprint density at radius 1 is 1.06 bits per heavy atom. The van der Waals surface area contributed by atoms with Gasteiger partial charge in [0, 0.05) is 61.6 Å². The van der Waals surface area contributed by atoms with Crippen molar-refractivity contribution in [1.29, 1.82) is 5.26 Å². The van der Waals surface area contributed by atoms with Crippen LogP contribution < -0.4 is 4.90 Å². The third-order valence-electron chi connectivity index (χ3n) is 6.04. The summed E-state index contributed by atoms with van der Waals surface area (Å²) in [7, 11) is 0. The van der Waals surface area contributed by atoms with Gasteiger partial charge in [-0.2, -0.15) is 5.26 Å². The first kappa shape index (κ1) is 22.7. The van der Waals surface area contributed by atoms with Crippen molar-refractivity contribution in [2.75, 3.05) is 31.1 Å². The molecule has 0 radical (unpaired) electrons. The number of imidazole rings is 1. The van der Waals surface area contributed by atoms with Crippen LogP contribution in [0.25, 0.3) is 0 Å². The Morgan fingerprint density at radius 3 is 2.59 bits per heavy atom. The summed E-state index contributed by atoms with van der Waals surface area (Å²) < 4.78 is 2.26. The summed E-state index contributed by atoms with van der Waals surface area (Å²) in [6.45, 7) is 6.68. The van der Waals surface area contributed by atoms with Gasteiger partial charge in [0.1, 0.15) is 11.9 Å². The van der Waals surface area contributed by atoms with Crippen LogP contribution in [0.3, 0.4) is 0 Å². The van der Waals surface area contributed by atoms with E-state index in [9.17, 15) is 5.26 Å². The second-order valence-corrected chi connectivity index (χ2v) is 8.99. The monoisotopic (exact) mass is 467 g/mol. The third-order valence-corrected chi connectivity index (χ3v) is 6.53. The van der Waals surface area contributed by atoms with E-state index in [1.165, 1.54) is 5.56 Å². The highest BCUT2D eigenvalue weighted by atomic mass is 35.5. The molecule has 2 aromatic carbocycles. The molecule has 3 aromatic rings. The van der Waals surface area contributed by atoms with E-state index in [4.69, 9.17) is 23.2 Å². The lowest BCUT2D eigenvalue weighted by molar-refractivity contribution is 0.215. The van der Waals surface area contributed by atoms with Crippen molar-refractivity contribution in [2.45, 2.75) is 32.4 Å². The molecule has 1 fully saturated rings. The van der Waals surface area contributed by atoms with Crippen molar-refractivity contribution in [2.24, 2.45) is 0 Å². The summed E-state index contributed by atoms with van der Waals surface area (Å²) in [6.07, 6.45) is 6.06. The topological polar surface area (TPSA) is 48.1 Å². The second kappa shape index (κ2) is 10.4. The molecule has 1 saturated heterocycles. The Kier molecular flexibility index (Phi) is 7.36. The number of hydrogen-bond acceptors (Lipinski definition) is 4. The molecule has 1 aromatic heterocycles. The van der Waals surface area contributed by atoms with Crippen molar-refractivity contribution in [3.05, 3.63) is 81.9 Å². The average molecular weight is 468 g/mol. The van der Waals surface area contributed by atoms with Gasteiger partial charge in [0.15, 0.2) is 0 Å². The van der Waals surface area contributed by atoms with E-state index in [-0.39, 0.29) is 6.04 Å². The first-order chi connectivity index (χ1) is 15.6. The molecule has 1 aliphatic heterocycles. The number of piperazine rings is 1. The van der Waals surface area contributed by atoms with E-state index in [0.29, 0.717) is 10.6 Å². The number of aromatic nitrogens is 2. The first-order valence-electron chi connectivity index (χ1n) is 11.0. The fourth-order valence-corrected chi connectivity index (χ4v) is 4.69. The van der Waals surface area contributed by atoms with Gasteiger partial charge in [-0.05, 0) is 42.3 Å². The van der Waals surface area contributed by atoms with Crippen molar-refractivity contribution in [1.82, 2.24) is 14.5 Å². The predicted molar refractivity (Wildman–Crippen MR) is 130 cm³/mol. The summed E-state index contributed by atoms with van der Waals surface area (Å²) in [4.78, 5) is 9.32. The molecule has 0 bridgehead atoms. The van der Waals surface area contributed by atoms with E-state index in [2.05, 4.69) is 50.7 Å². The first-order valence-corrected chi connectivity index (χ1v) is 11.8. The molecule has 0 amide bonds. The molecule has 0 saturated carbocycles. The third kappa shape index (κ3) is 5.10. The molecular weight excluding hydrogens is 441 g/mol. The van der Waals surface area contributed by atoms with Gasteiger partial charge in [0.2, 0.25) is 0 Å². The van der Waals surface area contributed by atoms with Crippen LogP contribution in [0.4, 0.5) is 5.69 Å². The summed E-state index contributed by atoms with van der Waals surface area (Å²) >= 11 is 12.3. The number of nitrogens with zero attached hydrogens (tertiary/aromatic N) is 5. The molecule has 166 valence electrons. The van der Waals surface area contributed by atoms with Crippen LogP contribution in [0.15, 0.2) is 54.9 Å². The Morgan fingerprint density at radius 2 is 1.84 bits per heavy atom. The lowest BCUT2D eigenvalue weighted by Crippen LogP contribution is -2.49. The highest BCUT2D eigenvalue weighted by molar-refractivity contribution is 6.31. The van der Waals surface area contributed by atoms with Crippen LogP contribution in [-0.2, 0) is 13.0 Å². The molecule has 2 heterocycles. The van der Waals surface area contributed by atoms with E-state index in [1.807, 2.05) is 30.5 Å². The zero-order chi connectivity index (χ0) is 22.5. The highest BCUT2D eigenvalue weighted by Crippen LogP contribution is 2.34. The number of halogens is 2. The van der Waals surface area contributed by atoms with Gasteiger partial charge in [0.25, 0.3) is 0 Å². The lowest BCUT2D eigenvalue weighted by atomic mass is 10.00. The van der Waals surface area contributed by atoms with Crippen molar-refractivity contribution < 1.29 is 0 Å². The molecule has 1 aliphatic rings. The van der Waals surface area contributed by atoms with Crippen molar-refractivity contribution >= 4 is 28.9 Å². The lowest BCUT2D eigenvalue weighted by Gasteiger charge is -2.43. The van der Waals surface area contributed by atoms with E-state index >= 15 is 0 Å². The number of rotatable bonds is 7. The zero-order valence-corrected chi connectivity index (χ0v) is 19.7. The average Bonchev–Trinajstić information content (AvgIpc) is 3.25. The van der Waals surface area contributed by atoms with E-state index in [1.54, 1.807) is 6.07 Å². The summed E-state index contributed by atoms with van der Waals surface area (Å²) in [6, 6.07) is 16.0. The van der Waals surface area contributed by atoms with Gasteiger partial charge in [0.05, 0.1) is 17.3 Å². The minimum atomic E-state index is 0.118. The number of nitriles is 1. The van der Waals surface area contributed by atoms with Crippen molar-refractivity contribution in [3.8, 4) is 6.07 Å². The number of anilines is 1. The molecule has 1 unspecified atom stereocenters. The fraction of sp³-hybridized carbons (Fsp3) is 0.360. The van der Waals surface area contributed by atoms with E-state index in [0.717, 1.165) is 62.1 Å². The highest BCUT2D eigenvalue weighted by Gasteiger charge is 2.30. The molecule has 32 heavy (non-hydrogen) atoms. The zero-order valence-electron chi connectivity index (χ0n) is 18.2. The van der Waals surface area contributed by atoms with Crippen LogP contribution in [0.5, 0.6) is 0 Å². The Balaban J connectivity index is 1.56. The summed E-state index contributed by atoms with van der Waals surface area (Å²) in [5.74, 6) is 1.15. The van der Waals surface area contributed by atoms with Crippen LogP contribution >= 0.6 is 23.2 Å². The molecule has 7 heteroatoms. The van der Waals surface area contributed by atoms with E-state index < -0.39 is 0 Å². The Bertz CT molecular complexity index is 1090. The molecule has 4 rings (SSSR count). The van der Waals surface area contributed by atoms with Gasteiger partial charge >= 0.3 is 0 Å². The van der Waals surface area contributed by atoms with Gasteiger partial charge in [-0.15, -0.1) is 0 Å². The fourth-order valence-electron chi connectivity index (χ4n) is 4.39. The predicted octanol–water partition coefficient (Wildman–Crippen LogP) is 5.58. The molecular formula is C25H27Cl2N5. The SMILES string of the molecule is CCCc1nccn1CCN1CCN(c2ccc(Cl)cc2C#N)C(c2ccc(Cl)cc2)C1. The molecule has 0 N–H and O–H groups in total. The Labute approximate surface area is 199 Å². The standard InChI is InChI=1S/C25H27Cl2N5/c1-2-3-25-29-10-11-31(25)14-12-30-13-15-32(23-9-8-22(27)16-20(23)17-28)24(18-30)19-4-6-21(26)7-5-19/h4-11,16,24H,2-3,12-15,18H2,1H3. The van der Waals surface area contributed by atoms with Crippen LogP contribution in [0.2, 0.25) is 10.0 Å². The normalized spacial score (nSPS) is 16.8. The van der Waals surface area contributed by atoms with Gasteiger partial charge in [-0.3, -0.25) is 4.90 Å². The largest absolute Gasteiger partial charge is 0.361 e. The molecule has 0 spiro atoms.